The minimum atomic E-state index is -0.0523. The molecule has 0 saturated carbocycles. The van der Waals surface area contributed by atoms with Gasteiger partial charge in [-0.05, 0) is 24.3 Å². The van der Waals surface area contributed by atoms with Crippen LogP contribution in [-0.4, -0.2) is 85.8 Å². The van der Waals surface area contributed by atoms with Gasteiger partial charge in [0.1, 0.15) is 23.8 Å². The monoisotopic (exact) mass is 374 g/mol. The Morgan fingerprint density at radius 1 is 1.07 bits per heavy atom. The van der Waals surface area contributed by atoms with Crippen molar-refractivity contribution in [1.29, 1.82) is 0 Å². The van der Waals surface area contributed by atoms with Gasteiger partial charge in [-0.2, -0.15) is 5.10 Å². The standard InChI is InChI=1S/C19H26N4O4/c1-21-18(24)8-7-17(20-21)19(25)23-11-9-22(10-12-23)13-14-27-16-5-3-15(26-2)4-6-16/h3-6H,7-14H2,1-2H3. The number of ether oxygens (including phenoxy) is 2. The summed E-state index contributed by atoms with van der Waals surface area (Å²) in [7, 11) is 3.23. The summed E-state index contributed by atoms with van der Waals surface area (Å²) in [5, 5.41) is 5.39. The zero-order valence-corrected chi connectivity index (χ0v) is 15.9. The van der Waals surface area contributed by atoms with Crippen LogP contribution >= 0.6 is 0 Å². The molecule has 2 heterocycles. The Labute approximate surface area is 159 Å². The molecule has 1 fully saturated rings. The highest BCUT2D eigenvalue weighted by molar-refractivity contribution is 6.39. The van der Waals surface area contributed by atoms with Crippen LogP contribution in [0.1, 0.15) is 12.8 Å². The number of benzene rings is 1. The van der Waals surface area contributed by atoms with E-state index in [0.29, 0.717) is 38.2 Å². The van der Waals surface area contributed by atoms with Crippen molar-refractivity contribution in [1.82, 2.24) is 14.8 Å². The van der Waals surface area contributed by atoms with E-state index in [0.717, 1.165) is 31.1 Å². The van der Waals surface area contributed by atoms with Crippen molar-refractivity contribution in [3.8, 4) is 11.5 Å². The van der Waals surface area contributed by atoms with Gasteiger partial charge in [0, 0.05) is 52.6 Å². The molecule has 0 N–H and O–H groups in total. The third-order valence-corrected chi connectivity index (χ3v) is 4.85. The fourth-order valence-corrected chi connectivity index (χ4v) is 3.15. The van der Waals surface area contributed by atoms with Crippen molar-refractivity contribution in [2.24, 2.45) is 5.10 Å². The van der Waals surface area contributed by atoms with Crippen molar-refractivity contribution < 1.29 is 19.1 Å². The molecule has 0 aromatic heterocycles. The number of methoxy groups -OCH3 is 1. The van der Waals surface area contributed by atoms with Gasteiger partial charge in [0.15, 0.2) is 0 Å². The fraction of sp³-hybridized carbons (Fsp3) is 0.526. The van der Waals surface area contributed by atoms with Gasteiger partial charge in [0.2, 0.25) is 5.91 Å². The highest BCUT2D eigenvalue weighted by Crippen LogP contribution is 2.17. The Morgan fingerprint density at radius 2 is 1.74 bits per heavy atom. The molecule has 2 aliphatic rings. The summed E-state index contributed by atoms with van der Waals surface area (Å²) in [6, 6.07) is 7.53. The molecule has 146 valence electrons. The van der Waals surface area contributed by atoms with Crippen LogP contribution in [0.3, 0.4) is 0 Å². The van der Waals surface area contributed by atoms with Crippen LogP contribution < -0.4 is 9.47 Å². The fourth-order valence-electron chi connectivity index (χ4n) is 3.15. The van der Waals surface area contributed by atoms with Gasteiger partial charge in [0.25, 0.3) is 5.91 Å². The Morgan fingerprint density at radius 3 is 2.37 bits per heavy atom. The van der Waals surface area contributed by atoms with Gasteiger partial charge in [-0.3, -0.25) is 14.5 Å². The lowest BCUT2D eigenvalue weighted by atomic mass is 10.1. The van der Waals surface area contributed by atoms with Crippen molar-refractivity contribution in [3.05, 3.63) is 24.3 Å². The van der Waals surface area contributed by atoms with Crippen molar-refractivity contribution in [3.63, 3.8) is 0 Å². The van der Waals surface area contributed by atoms with Gasteiger partial charge < -0.3 is 14.4 Å². The van der Waals surface area contributed by atoms with Crippen LogP contribution in [0.2, 0.25) is 0 Å². The molecule has 0 spiro atoms. The van der Waals surface area contributed by atoms with Crippen LogP contribution in [0.5, 0.6) is 11.5 Å². The molecule has 27 heavy (non-hydrogen) atoms. The van der Waals surface area contributed by atoms with Gasteiger partial charge in [-0.25, -0.2) is 5.01 Å². The number of hydrazone groups is 1. The maximum Gasteiger partial charge on any atom is 0.270 e. The van der Waals surface area contributed by atoms with Crippen LogP contribution in [0.15, 0.2) is 29.4 Å². The number of carbonyl (C=O) groups is 2. The highest BCUT2D eigenvalue weighted by atomic mass is 16.5. The lowest BCUT2D eigenvalue weighted by Gasteiger charge is -2.35. The molecule has 0 bridgehead atoms. The lowest BCUT2D eigenvalue weighted by Crippen LogP contribution is -2.52. The maximum absolute atomic E-state index is 12.6. The topological polar surface area (TPSA) is 74.7 Å². The van der Waals surface area contributed by atoms with Crippen LogP contribution in [0.4, 0.5) is 0 Å². The summed E-state index contributed by atoms with van der Waals surface area (Å²) in [4.78, 5) is 28.2. The summed E-state index contributed by atoms with van der Waals surface area (Å²) in [6.45, 7) is 4.35. The second-order valence-corrected chi connectivity index (χ2v) is 6.62. The van der Waals surface area contributed by atoms with Crippen LogP contribution in [0.25, 0.3) is 0 Å². The lowest BCUT2D eigenvalue weighted by molar-refractivity contribution is -0.131. The first kappa shape index (κ1) is 19.2. The van der Waals surface area contributed by atoms with Gasteiger partial charge in [-0.15, -0.1) is 0 Å². The number of hydrogen-bond donors (Lipinski definition) is 0. The SMILES string of the molecule is COc1ccc(OCCN2CCN(C(=O)C3=NN(C)C(=O)CC3)CC2)cc1. The van der Waals surface area contributed by atoms with E-state index in [1.165, 1.54) is 5.01 Å². The Bertz CT molecular complexity index is 696. The smallest absolute Gasteiger partial charge is 0.270 e. The largest absolute Gasteiger partial charge is 0.497 e. The molecule has 0 aliphatic carbocycles. The summed E-state index contributed by atoms with van der Waals surface area (Å²) in [5.41, 5.74) is 0.480. The Balaban J connectivity index is 1.40. The quantitative estimate of drug-likeness (QED) is 0.737. The van der Waals surface area contributed by atoms with E-state index in [2.05, 4.69) is 10.0 Å². The van der Waals surface area contributed by atoms with Crippen molar-refractivity contribution in [2.75, 3.05) is 53.5 Å². The second-order valence-electron chi connectivity index (χ2n) is 6.62. The first-order valence-electron chi connectivity index (χ1n) is 9.19. The van der Waals surface area contributed by atoms with Crippen LogP contribution in [-0.2, 0) is 9.59 Å². The molecular formula is C19H26N4O4. The van der Waals surface area contributed by atoms with E-state index in [1.807, 2.05) is 29.2 Å². The predicted molar refractivity (Wildman–Crippen MR) is 101 cm³/mol. The first-order valence-corrected chi connectivity index (χ1v) is 9.19. The molecule has 1 aromatic rings. The summed E-state index contributed by atoms with van der Waals surface area (Å²) in [5.74, 6) is 1.52. The third kappa shape index (κ3) is 4.97. The highest BCUT2D eigenvalue weighted by Gasteiger charge is 2.28. The number of rotatable bonds is 6. The molecule has 1 saturated heterocycles. The van der Waals surface area contributed by atoms with Gasteiger partial charge in [0.05, 0.1) is 7.11 Å². The molecule has 2 amide bonds. The number of amides is 2. The van der Waals surface area contributed by atoms with Crippen LogP contribution in [0, 0.1) is 0 Å². The molecule has 0 unspecified atom stereocenters. The van der Waals surface area contributed by atoms with E-state index < -0.39 is 0 Å². The van der Waals surface area contributed by atoms with E-state index in [-0.39, 0.29) is 11.8 Å². The summed E-state index contributed by atoms with van der Waals surface area (Å²) < 4.78 is 10.9. The van der Waals surface area contributed by atoms with E-state index in [1.54, 1.807) is 14.2 Å². The molecule has 2 aliphatic heterocycles. The van der Waals surface area contributed by atoms with Gasteiger partial charge in [-0.1, -0.05) is 0 Å². The minimum absolute atomic E-state index is 0.0479. The maximum atomic E-state index is 12.6. The third-order valence-electron chi connectivity index (χ3n) is 4.85. The molecule has 1 aromatic carbocycles. The normalized spacial score (nSPS) is 18.3. The predicted octanol–water partition coefficient (Wildman–Crippen LogP) is 0.826. The van der Waals surface area contributed by atoms with E-state index in [4.69, 9.17) is 9.47 Å². The zero-order valence-electron chi connectivity index (χ0n) is 15.9. The molecular weight excluding hydrogens is 348 g/mol. The molecule has 8 heteroatoms. The minimum Gasteiger partial charge on any atom is -0.497 e. The Hall–Kier alpha value is -2.61. The summed E-state index contributed by atoms with van der Waals surface area (Å²) in [6.07, 6.45) is 0.779. The molecule has 3 rings (SSSR count). The number of carbonyl (C=O) groups excluding carboxylic acids is 2. The summed E-state index contributed by atoms with van der Waals surface area (Å²) >= 11 is 0. The average Bonchev–Trinajstić information content (AvgIpc) is 2.70. The number of piperazine rings is 1. The second kappa shape index (κ2) is 8.85. The molecule has 0 atom stereocenters. The van der Waals surface area contributed by atoms with Gasteiger partial charge >= 0.3 is 0 Å². The van der Waals surface area contributed by atoms with Crippen molar-refractivity contribution in [2.45, 2.75) is 12.8 Å². The van der Waals surface area contributed by atoms with E-state index >= 15 is 0 Å². The first-order chi connectivity index (χ1) is 13.1. The van der Waals surface area contributed by atoms with E-state index in [9.17, 15) is 9.59 Å². The van der Waals surface area contributed by atoms with Crippen molar-refractivity contribution >= 4 is 17.5 Å². The molecule has 0 radical (unpaired) electrons. The molecule has 8 nitrogen and oxygen atoms in total. The number of nitrogens with zero attached hydrogens (tertiary/aromatic N) is 4. The Kier molecular flexibility index (Phi) is 6.28. The zero-order chi connectivity index (χ0) is 19.2. The average molecular weight is 374 g/mol. The number of hydrogen-bond acceptors (Lipinski definition) is 6.